The summed E-state index contributed by atoms with van der Waals surface area (Å²) in [7, 11) is 0. The van der Waals surface area contributed by atoms with E-state index >= 15 is 0 Å². The molecule has 0 heterocycles. The average Bonchev–Trinajstić information content (AvgIpc) is 1.99. The fraction of sp³-hybridized carbons (Fsp3) is 0.818. The first-order valence-corrected chi connectivity index (χ1v) is 4.79. The highest BCUT2D eigenvalue weighted by atomic mass is 14.1. The van der Waals surface area contributed by atoms with E-state index in [2.05, 4.69) is 34.3 Å². The van der Waals surface area contributed by atoms with Gasteiger partial charge in [0.05, 0.1) is 0 Å². The highest BCUT2D eigenvalue weighted by Crippen LogP contribution is 2.21. The second kappa shape index (κ2) is 5.40. The largest absolute Gasteiger partial charge is 0.0996 e. The average molecular weight is 154 g/mol. The van der Waals surface area contributed by atoms with Crippen LogP contribution in [0.25, 0.3) is 0 Å². The SMILES string of the molecule is C=C(CC(CC)CC)C(C)C. The number of allylic oxidation sites excluding steroid dienone is 1. The lowest BCUT2D eigenvalue weighted by molar-refractivity contribution is 0.470. The highest BCUT2D eigenvalue weighted by molar-refractivity contribution is 4.98. The number of rotatable bonds is 5. The van der Waals surface area contributed by atoms with Gasteiger partial charge < -0.3 is 0 Å². The Morgan fingerprint density at radius 1 is 1.18 bits per heavy atom. The van der Waals surface area contributed by atoms with Gasteiger partial charge in [0.15, 0.2) is 0 Å². The molecule has 0 spiro atoms. The van der Waals surface area contributed by atoms with Crippen LogP contribution in [0.1, 0.15) is 47.0 Å². The molecule has 0 nitrogen and oxygen atoms in total. The van der Waals surface area contributed by atoms with Crippen molar-refractivity contribution in [2.75, 3.05) is 0 Å². The van der Waals surface area contributed by atoms with Gasteiger partial charge in [-0.15, -0.1) is 0 Å². The molecule has 0 saturated carbocycles. The minimum Gasteiger partial charge on any atom is -0.0996 e. The molecule has 0 aliphatic carbocycles. The zero-order chi connectivity index (χ0) is 8.85. The standard InChI is InChI=1S/C11H22/c1-6-11(7-2)8-10(5)9(3)4/h9,11H,5-8H2,1-4H3. The van der Waals surface area contributed by atoms with Crippen LogP contribution in [0, 0.1) is 11.8 Å². The molecule has 0 fully saturated rings. The second-order valence-corrected chi connectivity index (χ2v) is 3.70. The normalized spacial score (nSPS) is 11.1. The minimum absolute atomic E-state index is 0.663. The fourth-order valence-corrected chi connectivity index (χ4v) is 1.18. The van der Waals surface area contributed by atoms with E-state index in [9.17, 15) is 0 Å². The van der Waals surface area contributed by atoms with Crippen molar-refractivity contribution in [2.24, 2.45) is 11.8 Å². The van der Waals surface area contributed by atoms with Crippen molar-refractivity contribution in [2.45, 2.75) is 47.0 Å². The summed E-state index contributed by atoms with van der Waals surface area (Å²) in [5, 5.41) is 0. The summed E-state index contributed by atoms with van der Waals surface area (Å²) < 4.78 is 0. The van der Waals surface area contributed by atoms with Crippen molar-refractivity contribution in [1.29, 1.82) is 0 Å². The third-order valence-corrected chi connectivity index (χ3v) is 2.52. The molecule has 0 saturated heterocycles. The van der Waals surface area contributed by atoms with Crippen molar-refractivity contribution in [1.82, 2.24) is 0 Å². The van der Waals surface area contributed by atoms with Crippen LogP contribution in [0.3, 0.4) is 0 Å². The van der Waals surface area contributed by atoms with E-state index in [0.29, 0.717) is 5.92 Å². The Balaban J connectivity index is 3.72. The lowest BCUT2D eigenvalue weighted by Crippen LogP contribution is -2.02. The van der Waals surface area contributed by atoms with E-state index in [-0.39, 0.29) is 0 Å². The first kappa shape index (κ1) is 10.7. The van der Waals surface area contributed by atoms with E-state index in [4.69, 9.17) is 0 Å². The first-order valence-electron chi connectivity index (χ1n) is 4.79. The molecule has 0 bridgehead atoms. The third-order valence-electron chi connectivity index (χ3n) is 2.52. The summed E-state index contributed by atoms with van der Waals surface area (Å²) in [5.74, 6) is 1.53. The summed E-state index contributed by atoms with van der Waals surface area (Å²) >= 11 is 0. The third kappa shape index (κ3) is 4.23. The van der Waals surface area contributed by atoms with Crippen LogP contribution in [-0.4, -0.2) is 0 Å². The van der Waals surface area contributed by atoms with E-state index in [0.717, 1.165) is 5.92 Å². The number of hydrogen-bond acceptors (Lipinski definition) is 0. The molecule has 0 aromatic rings. The molecule has 0 heteroatoms. The van der Waals surface area contributed by atoms with Crippen LogP contribution in [-0.2, 0) is 0 Å². The maximum atomic E-state index is 4.09. The highest BCUT2D eigenvalue weighted by Gasteiger charge is 2.07. The summed E-state index contributed by atoms with van der Waals surface area (Å²) in [4.78, 5) is 0. The fourth-order valence-electron chi connectivity index (χ4n) is 1.18. The van der Waals surface area contributed by atoms with Gasteiger partial charge in [0.1, 0.15) is 0 Å². The quantitative estimate of drug-likeness (QED) is 0.524. The molecule has 0 N–H and O–H groups in total. The Hall–Kier alpha value is -0.260. The van der Waals surface area contributed by atoms with Gasteiger partial charge in [-0.05, 0) is 18.3 Å². The molecule has 0 aromatic heterocycles. The molecule has 66 valence electrons. The lowest BCUT2D eigenvalue weighted by atomic mass is 9.90. The van der Waals surface area contributed by atoms with E-state index < -0.39 is 0 Å². The van der Waals surface area contributed by atoms with Crippen molar-refractivity contribution < 1.29 is 0 Å². The maximum Gasteiger partial charge on any atom is -0.0263 e. The van der Waals surface area contributed by atoms with Crippen molar-refractivity contribution >= 4 is 0 Å². The Morgan fingerprint density at radius 2 is 1.64 bits per heavy atom. The molecule has 0 unspecified atom stereocenters. The number of hydrogen-bond donors (Lipinski definition) is 0. The van der Waals surface area contributed by atoms with Gasteiger partial charge in [-0.25, -0.2) is 0 Å². The van der Waals surface area contributed by atoms with Crippen LogP contribution < -0.4 is 0 Å². The summed E-state index contributed by atoms with van der Waals surface area (Å²) in [5.41, 5.74) is 1.42. The molecule has 11 heavy (non-hydrogen) atoms. The molecular weight excluding hydrogens is 132 g/mol. The molecular formula is C11H22. The topological polar surface area (TPSA) is 0 Å². The second-order valence-electron chi connectivity index (χ2n) is 3.70. The van der Waals surface area contributed by atoms with Crippen LogP contribution in [0.15, 0.2) is 12.2 Å². The van der Waals surface area contributed by atoms with E-state index in [1.54, 1.807) is 0 Å². The Labute approximate surface area is 71.7 Å². The van der Waals surface area contributed by atoms with Crippen LogP contribution >= 0.6 is 0 Å². The lowest BCUT2D eigenvalue weighted by Gasteiger charge is -2.16. The molecule has 0 amide bonds. The van der Waals surface area contributed by atoms with Crippen molar-refractivity contribution in [3.05, 3.63) is 12.2 Å². The summed E-state index contributed by atoms with van der Waals surface area (Å²) in [6, 6.07) is 0. The molecule has 0 rings (SSSR count). The minimum atomic E-state index is 0.663. The van der Waals surface area contributed by atoms with Crippen LogP contribution in [0.4, 0.5) is 0 Å². The zero-order valence-electron chi connectivity index (χ0n) is 8.48. The van der Waals surface area contributed by atoms with Crippen molar-refractivity contribution in [3.63, 3.8) is 0 Å². The predicted octanol–water partition coefficient (Wildman–Crippen LogP) is 4.02. The van der Waals surface area contributed by atoms with E-state index in [1.807, 2.05) is 0 Å². The van der Waals surface area contributed by atoms with Gasteiger partial charge in [-0.1, -0.05) is 52.7 Å². The summed E-state index contributed by atoms with van der Waals surface area (Å²) in [6.45, 7) is 13.1. The zero-order valence-corrected chi connectivity index (χ0v) is 8.48. The molecule has 0 atom stereocenters. The van der Waals surface area contributed by atoms with Gasteiger partial charge in [0, 0.05) is 0 Å². The molecule has 0 aromatic carbocycles. The Morgan fingerprint density at radius 3 is 1.91 bits per heavy atom. The van der Waals surface area contributed by atoms with Crippen LogP contribution in [0.5, 0.6) is 0 Å². The molecule has 0 radical (unpaired) electrons. The van der Waals surface area contributed by atoms with Gasteiger partial charge >= 0.3 is 0 Å². The van der Waals surface area contributed by atoms with Crippen molar-refractivity contribution in [3.8, 4) is 0 Å². The molecule has 0 aliphatic heterocycles. The molecule has 0 aliphatic rings. The van der Waals surface area contributed by atoms with Crippen LogP contribution in [0.2, 0.25) is 0 Å². The van der Waals surface area contributed by atoms with Gasteiger partial charge in [-0.2, -0.15) is 0 Å². The van der Waals surface area contributed by atoms with Gasteiger partial charge in [0.25, 0.3) is 0 Å². The van der Waals surface area contributed by atoms with Gasteiger partial charge in [-0.3, -0.25) is 0 Å². The smallest absolute Gasteiger partial charge is 0.0263 e. The predicted molar refractivity (Wildman–Crippen MR) is 52.7 cm³/mol. The monoisotopic (exact) mass is 154 g/mol. The maximum absolute atomic E-state index is 4.09. The Kier molecular flexibility index (Phi) is 5.27. The first-order chi connectivity index (χ1) is 5.11. The summed E-state index contributed by atoms with van der Waals surface area (Å²) in [6.07, 6.45) is 3.81. The Bertz CT molecular complexity index is 107. The van der Waals surface area contributed by atoms with E-state index in [1.165, 1.54) is 24.8 Å². The van der Waals surface area contributed by atoms with Gasteiger partial charge in [0.2, 0.25) is 0 Å².